The summed E-state index contributed by atoms with van der Waals surface area (Å²) in [5.41, 5.74) is 5.67. The van der Waals surface area contributed by atoms with E-state index in [9.17, 15) is 4.79 Å². The molecule has 1 unspecified atom stereocenters. The molecule has 1 heterocycles. The summed E-state index contributed by atoms with van der Waals surface area (Å²) in [5.74, 6) is 1.40. The summed E-state index contributed by atoms with van der Waals surface area (Å²) in [4.78, 5) is 12.1. The molecule has 7 heteroatoms. The largest absolute Gasteiger partial charge is 0.355 e. The van der Waals surface area contributed by atoms with Crippen LogP contribution in [0.1, 0.15) is 46.4 Å². The van der Waals surface area contributed by atoms with Gasteiger partial charge in [-0.1, -0.05) is 32.5 Å². The summed E-state index contributed by atoms with van der Waals surface area (Å²) in [6, 6.07) is 0. The quantitative estimate of drug-likeness (QED) is 0.679. The number of nitrogens with two attached hydrogens (primary N) is 1. The number of aromatic nitrogens is 3. The standard InChI is InChI=1S/C14H27N5OS/c1-5-8-19-12(9-15)17-18-14(19)21-11(4)13(20)16-7-6-10(2)3/h10-11H,5-9,15H2,1-4H3,(H,16,20). The highest BCUT2D eigenvalue weighted by Gasteiger charge is 2.19. The molecule has 0 saturated heterocycles. The number of nitrogens with zero attached hydrogens (tertiary/aromatic N) is 3. The van der Waals surface area contributed by atoms with Gasteiger partial charge in [0.05, 0.1) is 11.8 Å². The fourth-order valence-electron chi connectivity index (χ4n) is 1.84. The van der Waals surface area contributed by atoms with Crippen LogP contribution in [0.25, 0.3) is 0 Å². The van der Waals surface area contributed by atoms with Gasteiger partial charge >= 0.3 is 0 Å². The molecule has 0 aromatic carbocycles. The minimum absolute atomic E-state index is 0.0426. The van der Waals surface area contributed by atoms with Crippen LogP contribution < -0.4 is 11.1 Å². The van der Waals surface area contributed by atoms with Gasteiger partial charge in [0.1, 0.15) is 5.82 Å². The van der Waals surface area contributed by atoms with Crippen LogP contribution >= 0.6 is 11.8 Å². The van der Waals surface area contributed by atoms with E-state index in [1.165, 1.54) is 11.8 Å². The van der Waals surface area contributed by atoms with Gasteiger partial charge in [0.2, 0.25) is 5.91 Å². The van der Waals surface area contributed by atoms with Crippen molar-refractivity contribution in [2.75, 3.05) is 6.54 Å². The van der Waals surface area contributed by atoms with E-state index in [4.69, 9.17) is 5.73 Å². The molecule has 21 heavy (non-hydrogen) atoms. The summed E-state index contributed by atoms with van der Waals surface area (Å²) in [6.45, 7) is 10.2. The van der Waals surface area contributed by atoms with Crippen molar-refractivity contribution in [3.8, 4) is 0 Å². The highest BCUT2D eigenvalue weighted by atomic mass is 32.2. The lowest BCUT2D eigenvalue weighted by atomic mass is 10.1. The minimum atomic E-state index is -0.192. The molecule has 120 valence electrons. The summed E-state index contributed by atoms with van der Waals surface area (Å²) >= 11 is 1.44. The smallest absolute Gasteiger partial charge is 0.233 e. The van der Waals surface area contributed by atoms with Crippen molar-refractivity contribution in [1.29, 1.82) is 0 Å². The first-order chi connectivity index (χ1) is 9.99. The van der Waals surface area contributed by atoms with Gasteiger partial charge in [0.25, 0.3) is 0 Å². The van der Waals surface area contributed by atoms with Crippen LogP contribution in [0.15, 0.2) is 5.16 Å². The molecule has 0 spiro atoms. The zero-order valence-electron chi connectivity index (χ0n) is 13.4. The Kier molecular flexibility index (Phi) is 7.74. The first-order valence-corrected chi connectivity index (χ1v) is 8.44. The van der Waals surface area contributed by atoms with Crippen molar-refractivity contribution in [2.24, 2.45) is 11.7 Å². The Labute approximate surface area is 131 Å². The maximum atomic E-state index is 12.1. The molecule has 1 atom stereocenters. The third kappa shape index (κ3) is 5.67. The molecule has 1 amide bonds. The highest BCUT2D eigenvalue weighted by molar-refractivity contribution is 8.00. The second-order valence-corrected chi connectivity index (χ2v) is 6.80. The average Bonchev–Trinajstić information content (AvgIpc) is 2.81. The van der Waals surface area contributed by atoms with E-state index in [-0.39, 0.29) is 11.2 Å². The van der Waals surface area contributed by atoms with Crippen LogP contribution in [0.3, 0.4) is 0 Å². The Morgan fingerprint density at radius 2 is 2.10 bits per heavy atom. The zero-order chi connectivity index (χ0) is 15.8. The number of nitrogens with one attached hydrogen (secondary N) is 1. The van der Waals surface area contributed by atoms with E-state index in [0.29, 0.717) is 12.5 Å². The van der Waals surface area contributed by atoms with E-state index in [1.807, 2.05) is 11.5 Å². The number of carbonyl (C=O) groups excluding carboxylic acids is 1. The first-order valence-electron chi connectivity index (χ1n) is 7.56. The molecule has 0 aliphatic carbocycles. The van der Waals surface area contributed by atoms with Crippen LogP contribution in [-0.4, -0.2) is 32.5 Å². The number of hydrogen-bond donors (Lipinski definition) is 2. The fourth-order valence-corrected chi connectivity index (χ4v) is 2.76. The summed E-state index contributed by atoms with van der Waals surface area (Å²) in [5, 5.41) is 11.8. The number of amides is 1. The van der Waals surface area contributed by atoms with E-state index in [0.717, 1.165) is 36.9 Å². The molecule has 1 aromatic rings. The molecule has 0 fully saturated rings. The first kappa shape index (κ1) is 18.0. The molecular formula is C14H27N5OS. The zero-order valence-corrected chi connectivity index (χ0v) is 14.2. The van der Waals surface area contributed by atoms with Crippen molar-refractivity contribution in [1.82, 2.24) is 20.1 Å². The SMILES string of the molecule is CCCn1c(CN)nnc1SC(C)C(=O)NCCC(C)C. The molecule has 1 rings (SSSR count). The number of rotatable bonds is 9. The molecule has 1 aromatic heterocycles. The van der Waals surface area contributed by atoms with Gasteiger partial charge in [-0.2, -0.15) is 0 Å². The Balaban J connectivity index is 2.59. The van der Waals surface area contributed by atoms with Gasteiger partial charge in [-0.15, -0.1) is 10.2 Å². The Bertz CT molecular complexity index is 447. The van der Waals surface area contributed by atoms with Crippen molar-refractivity contribution < 1.29 is 4.79 Å². The van der Waals surface area contributed by atoms with Crippen molar-refractivity contribution >= 4 is 17.7 Å². The van der Waals surface area contributed by atoms with E-state index >= 15 is 0 Å². The molecule has 0 bridgehead atoms. The summed E-state index contributed by atoms with van der Waals surface area (Å²) in [7, 11) is 0. The molecule has 0 radical (unpaired) electrons. The third-order valence-electron chi connectivity index (χ3n) is 3.10. The van der Waals surface area contributed by atoms with Crippen molar-refractivity contribution in [2.45, 2.75) is 64.0 Å². The topological polar surface area (TPSA) is 85.8 Å². The minimum Gasteiger partial charge on any atom is -0.355 e. The predicted octanol–water partition coefficient (Wildman–Crippen LogP) is 1.79. The average molecular weight is 313 g/mol. The lowest BCUT2D eigenvalue weighted by Crippen LogP contribution is -2.32. The lowest BCUT2D eigenvalue weighted by molar-refractivity contribution is -0.120. The summed E-state index contributed by atoms with van der Waals surface area (Å²) < 4.78 is 2.00. The Morgan fingerprint density at radius 3 is 2.67 bits per heavy atom. The van der Waals surface area contributed by atoms with Gasteiger partial charge in [0, 0.05) is 13.1 Å². The monoisotopic (exact) mass is 313 g/mol. The fraction of sp³-hybridized carbons (Fsp3) is 0.786. The number of carbonyl (C=O) groups is 1. The Hall–Kier alpha value is -1.08. The third-order valence-corrected chi connectivity index (χ3v) is 4.18. The van der Waals surface area contributed by atoms with Gasteiger partial charge in [-0.3, -0.25) is 4.79 Å². The Morgan fingerprint density at radius 1 is 1.38 bits per heavy atom. The second-order valence-electron chi connectivity index (χ2n) is 5.49. The number of thioether (sulfide) groups is 1. The maximum absolute atomic E-state index is 12.1. The van der Waals surface area contributed by atoms with Crippen LogP contribution in [0.5, 0.6) is 0 Å². The van der Waals surface area contributed by atoms with Gasteiger partial charge < -0.3 is 15.6 Å². The molecule has 0 saturated carbocycles. The van der Waals surface area contributed by atoms with Gasteiger partial charge in [-0.25, -0.2) is 0 Å². The molecule has 0 aliphatic heterocycles. The van der Waals surface area contributed by atoms with Crippen LogP contribution in [-0.2, 0) is 17.9 Å². The van der Waals surface area contributed by atoms with Crippen LogP contribution in [0.2, 0.25) is 0 Å². The lowest BCUT2D eigenvalue weighted by Gasteiger charge is -2.13. The maximum Gasteiger partial charge on any atom is 0.233 e. The highest BCUT2D eigenvalue weighted by Crippen LogP contribution is 2.22. The normalized spacial score (nSPS) is 12.7. The van der Waals surface area contributed by atoms with Crippen LogP contribution in [0, 0.1) is 5.92 Å². The van der Waals surface area contributed by atoms with E-state index in [2.05, 4.69) is 36.3 Å². The van der Waals surface area contributed by atoms with Crippen LogP contribution in [0.4, 0.5) is 0 Å². The number of hydrogen-bond acceptors (Lipinski definition) is 5. The molecule has 3 N–H and O–H groups in total. The molecular weight excluding hydrogens is 286 g/mol. The van der Waals surface area contributed by atoms with Gasteiger partial charge in [0.15, 0.2) is 5.16 Å². The van der Waals surface area contributed by atoms with Crippen molar-refractivity contribution in [3.63, 3.8) is 0 Å². The van der Waals surface area contributed by atoms with Gasteiger partial charge in [-0.05, 0) is 25.7 Å². The van der Waals surface area contributed by atoms with E-state index in [1.54, 1.807) is 0 Å². The second kappa shape index (κ2) is 9.04. The molecule has 0 aliphatic rings. The summed E-state index contributed by atoms with van der Waals surface area (Å²) in [6.07, 6.45) is 1.97. The molecule has 6 nitrogen and oxygen atoms in total. The van der Waals surface area contributed by atoms with E-state index < -0.39 is 0 Å². The van der Waals surface area contributed by atoms with Crippen molar-refractivity contribution in [3.05, 3.63) is 5.82 Å². The predicted molar refractivity (Wildman–Crippen MR) is 86.0 cm³/mol.